The molecular formula is C32H32N2O7. The van der Waals surface area contributed by atoms with Crippen LogP contribution in [-0.2, 0) is 9.59 Å². The predicted molar refractivity (Wildman–Crippen MR) is 157 cm³/mol. The highest BCUT2D eigenvalue weighted by atomic mass is 16.5. The Morgan fingerprint density at radius 2 is 0.951 bits per heavy atom. The highest BCUT2D eigenvalue weighted by Crippen LogP contribution is 2.29. The van der Waals surface area contributed by atoms with Crippen LogP contribution in [0.3, 0.4) is 0 Å². The van der Waals surface area contributed by atoms with Crippen molar-refractivity contribution in [3.05, 3.63) is 96.1 Å². The Hall–Kier alpha value is -5.18. The molecule has 0 atom stereocenters. The fraction of sp³-hybridized carbons (Fsp3) is 0.188. The molecule has 0 saturated carbocycles. The molecule has 4 aromatic rings. The standard InChI is InChI=1S/C32H32N2O7/c1-21-5-15-27(29(17-21)37-3)39-19-31(35)33-23-7-11-25(12-8-23)41-26-13-9-24(10-14-26)34-32(36)20-40-28-16-6-22(2)18-30(28)38-4/h5-18H,19-20H2,1-4H3,(H,33,35)(H,34,36). The van der Waals surface area contributed by atoms with Crippen LogP contribution in [0.2, 0.25) is 0 Å². The number of amides is 2. The van der Waals surface area contributed by atoms with Crippen LogP contribution in [0.1, 0.15) is 11.1 Å². The lowest BCUT2D eigenvalue weighted by molar-refractivity contribution is -0.118. The fourth-order valence-electron chi connectivity index (χ4n) is 3.82. The van der Waals surface area contributed by atoms with Gasteiger partial charge < -0.3 is 34.3 Å². The zero-order chi connectivity index (χ0) is 29.2. The molecule has 0 spiro atoms. The molecule has 2 amide bonds. The van der Waals surface area contributed by atoms with Crippen LogP contribution >= 0.6 is 0 Å². The van der Waals surface area contributed by atoms with Crippen LogP contribution in [0.25, 0.3) is 0 Å². The summed E-state index contributed by atoms with van der Waals surface area (Å²) in [5.74, 6) is 2.70. The number of rotatable bonds is 12. The summed E-state index contributed by atoms with van der Waals surface area (Å²) < 4.78 is 27.7. The molecular weight excluding hydrogens is 524 g/mol. The lowest BCUT2D eigenvalue weighted by Crippen LogP contribution is -2.20. The number of aryl methyl sites for hydroxylation is 2. The van der Waals surface area contributed by atoms with E-state index in [0.717, 1.165) is 11.1 Å². The van der Waals surface area contributed by atoms with Crippen LogP contribution in [-0.4, -0.2) is 39.2 Å². The fourth-order valence-corrected chi connectivity index (χ4v) is 3.82. The third kappa shape index (κ3) is 8.40. The topological polar surface area (TPSA) is 104 Å². The minimum absolute atomic E-state index is 0.160. The minimum Gasteiger partial charge on any atom is -0.493 e. The molecule has 41 heavy (non-hydrogen) atoms. The predicted octanol–water partition coefficient (Wildman–Crippen LogP) is 6.15. The molecule has 0 radical (unpaired) electrons. The van der Waals surface area contributed by atoms with Gasteiger partial charge in [-0.15, -0.1) is 0 Å². The molecule has 4 rings (SSSR count). The summed E-state index contributed by atoms with van der Waals surface area (Å²) in [5.41, 5.74) is 3.27. The third-order valence-electron chi connectivity index (χ3n) is 5.87. The van der Waals surface area contributed by atoms with Crippen molar-refractivity contribution in [3.63, 3.8) is 0 Å². The Morgan fingerprint density at radius 1 is 0.561 bits per heavy atom. The molecule has 4 aromatic carbocycles. The summed E-state index contributed by atoms with van der Waals surface area (Å²) in [4.78, 5) is 24.7. The number of nitrogens with one attached hydrogen (secondary N) is 2. The van der Waals surface area contributed by atoms with E-state index < -0.39 is 0 Å². The van der Waals surface area contributed by atoms with Gasteiger partial charge in [0, 0.05) is 11.4 Å². The average Bonchev–Trinajstić information content (AvgIpc) is 2.97. The molecule has 212 valence electrons. The molecule has 0 heterocycles. The molecule has 9 heteroatoms. The Labute approximate surface area is 239 Å². The summed E-state index contributed by atoms with van der Waals surface area (Å²) in [6, 6.07) is 24.9. The van der Waals surface area contributed by atoms with Crippen molar-refractivity contribution in [1.29, 1.82) is 0 Å². The Morgan fingerprint density at radius 3 is 1.32 bits per heavy atom. The SMILES string of the molecule is COc1cc(C)ccc1OCC(=O)Nc1ccc(Oc2ccc(NC(=O)COc3ccc(C)cc3OC)cc2)cc1. The number of methoxy groups -OCH3 is 2. The van der Waals surface area contributed by atoms with Crippen molar-refractivity contribution in [2.45, 2.75) is 13.8 Å². The van der Waals surface area contributed by atoms with Crippen LogP contribution in [0, 0.1) is 13.8 Å². The zero-order valence-corrected chi connectivity index (χ0v) is 23.4. The summed E-state index contributed by atoms with van der Waals surface area (Å²) in [7, 11) is 3.11. The van der Waals surface area contributed by atoms with Crippen molar-refractivity contribution in [2.24, 2.45) is 0 Å². The first kappa shape index (κ1) is 28.8. The van der Waals surface area contributed by atoms with Gasteiger partial charge >= 0.3 is 0 Å². The smallest absolute Gasteiger partial charge is 0.262 e. The summed E-state index contributed by atoms with van der Waals surface area (Å²) >= 11 is 0. The maximum atomic E-state index is 12.3. The van der Waals surface area contributed by atoms with E-state index in [9.17, 15) is 9.59 Å². The molecule has 0 aliphatic heterocycles. The van der Waals surface area contributed by atoms with E-state index in [1.807, 2.05) is 38.1 Å². The molecule has 9 nitrogen and oxygen atoms in total. The van der Waals surface area contributed by atoms with Crippen LogP contribution in [0.5, 0.6) is 34.5 Å². The van der Waals surface area contributed by atoms with E-state index >= 15 is 0 Å². The first-order valence-electron chi connectivity index (χ1n) is 12.9. The highest BCUT2D eigenvalue weighted by Gasteiger charge is 2.10. The van der Waals surface area contributed by atoms with Crippen LogP contribution in [0.15, 0.2) is 84.9 Å². The van der Waals surface area contributed by atoms with Crippen LogP contribution in [0.4, 0.5) is 11.4 Å². The second-order valence-corrected chi connectivity index (χ2v) is 9.13. The Balaban J connectivity index is 1.23. The largest absolute Gasteiger partial charge is 0.493 e. The normalized spacial score (nSPS) is 10.3. The zero-order valence-electron chi connectivity index (χ0n) is 23.4. The van der Waals surface area contributed by atoms with E-state index in [4.69, 9.17) is 23.7 Å². The number of carbonyl (C=O) groups is 2. The van der Waals surface area contributed by atoms with Gasteiger partial charge in [0.05, 0.1) is 14.2 Å². The number of hydrogen-bond donors (Lipinski definition) is 2. The maximum Gasteiger partial charge on any atom is 0.262 e. The van der Waals surface area contributed by atoms with Crippen molar-refractivity contribution in [1.82, 2.24) is 0 Å². The number of ether oxygens (including phenoxy) is 5. The summed E-state index contributed by atoms with van der Waals surface area (Å²) in [6.07, 6.45) is 0. The molecule has 0 fully saturated rings. The van der Waals surface area contributed by atoms with Gasteiger partial charge in [-0.3, -0.25) is 9.59 Å². The summed E-state index contributed by atoms with van der Waals surface area (Å²) in [5, 5.41) is 5.58. The monoisotopic (exact) mass is 556 g/mol. The van der Waals surface area contributed by atoms with Gasteiger partial charge in [-0.25, -0.2) is 0 Å². The van der Waals surface area contributed by atoms with Crippen LogP contribution < -0.4 is 34.3 Å². The van der Waals surface area contributed by atoms with E-state index in [1.54, 1.807) is 74.9 Å². The summed E-state index contributed by atoms with van der Waals surface area (Å²) in [6.45, 7) is 3.58. The lowest BCUT2D eigenvalue weighted by atomic mass is 10.2. The van der Waals surface area contributed by atoms with Crippen molar-refractivity contribution < 1.29 is 33.3 Å². The quantitative estimate of drug-likeness (QED) is 0.216. The molecule has 0 bridgehead atoms. The van der Waals surface area contributed by atoms with Gasteiger partial charge in [0.1, 0.15) is 11.5 Å². The molecule has 0 aliphatic rings. The number of benzene rings is 4. The number of anilines is 2. The first-order valence-corrected chi connectivity index (χ1v) is 12.9. The molecule has 0 aromatic heterocycles. The van der Waals surface area contributed by atoms with Crippen molar-refractivity contribution >= 4 is 23.2 Å². The van der Waals surface area contributed by atoms with Gasteiger partial charge in [-0.1, -0.05) is 12.1 Å². The average molecular weight is 557 g/mol. The molecule has 0 aliphatic carbocycles. The van der Waals surface area contributed by atoms with Crippen molar-refractivity contribution in [2.75, 3.05) is 38.1 Å². The second-order valence-electron chi connectivity index (χ2n) is 9.13. The first-order chi connectivity index (χ1) is 19.8. The Kier molecular flexibility index (Phi) is 9.66. The third-order valence-corrected chi connectivity index (χ3v) is 5.87. The Bertz CT molecular complexity index is 1370. The van der Waals surface area contributed by atoms with E-state index in [1.165, 1.54) is 0 Å². The molecule has 2 N–H and O–H groups in total. The maximum absolute atomic E-state index is 12.3. The highest BCUT2D eigenvalue weighted by molar-refractivity contribution is 5.92. The number of hydrogen-bond acceptors (Lipinski definition) is 7. The van der Waals surface area contributed by atoms with E-state index in [2.05, 4.69) is 10.6 Å². The van der Waals surface area contributed by atoms with Gasteiger partial charge in [-0.05, 0) is 97.8 Å². The van der Waals surface area contributed by atoms with Gasteiger partial charge in [0.25, 0.3) is 11.8 Å². The van der Waals surface area contributed by atoms with Gasteiger partial charge in [0.2, 0.25) is 0 Å². The van der Waals surface area contributed by atoms with Gasteiger partial charge in [-0.2, -0.15) is 0 Å². The minimum atomic E-state index is -0.303. The lowest BCUT2D eigenvalue weighted by Gasteiger charge is -2.12. The van der Waals surface area contributed by atoms with E-state index in [-0.39, 0.29) is 25.0 Å². The number of carbonyl (C=O) groups excluding carboxylic acids is 2. The van der Waals surface area contributed by atoms with E-state index in [0.29, 0.717) is 45.9 Å². The van der Waals surface area contributed by atoms with Gasteiger partial charge in [0.15, 0.2) is 36.2 Å². The molecule has 0 unspecified atom stereocenters. The van der Waals surface area contributed by atoms with Crippen molar-refractivity contribution in [3.8, 4) is 34.5 Å². The second kappa shape index (κ2) is 13.7. The molecule has 0 saturated heterocycles.